The molecule has 0 aliphatic carbocycles. The number of allylic oxidation sites excluding steroid dienone is 1. The Hall–Kier alpha value is -1.55. The van der Waals surface area contributed by atoms with Crippen LogP contribution in [-0.2, 0) is 7.05 Å². The number of aromatic nitrogens is 2. The lowest BCUT2D eigenvalue weighted by molar-refractivity contribution is 0.843. The fourth-order valence-corrected chi connectivity index (χ4v) is 1.78. The molecule has 0 amide bonds. The van der Waals surface area contributed by atoms with Gasteiger partial charge in [0.15, 0.2) is 0 Å². The lowest BCUT2D eigenvalue weighted by Gasteiger charge is -2.01. The summed E-state index contributed by atoms with van der Waals surface area (Å²) < 4.78 is 1.49. The molecule has 0 aliphatic rings. The van der Waals surface area contributed by atoms with Gasteiger partial charge in [0.25, 0.3) is 5.56 Å². The van der Waals surface area contributed by atoms with Crippen molar-refractivity contribution in [1.82, 2.24) is 9.55 Å². The summed E-state index contributed by atoms with van der Waals surface area (Å²) in [7, 11) is 1.71. The minimum atomic E-state index is -0.0144. The first-order valence-corrected chi connectivity index (χ1v) is 6.08. The second-order valence-electron chi connectivity index (χ2n) is 3.85. The number of fused-ring (bicyclic) bond motifs is 1. The number of hydrogen-bond donors (Lipinski definition) is 1. The van der Waals surface area contributed by atoms with Crippen LogP contribution in [-0.4, -0.2) is 15.3 Å². The van der Waals surface area contributed by atoms with E-state index in [0.717, 1.165) is 23.3 Å². The first-order chi connectivity index (χ1) is 8.22. The minimum absolute atomic E-state index is 0.0144. The van der Waals surface area contributed by atoms with E-state index >= 15 is 0 Å². The summed E-state index contributed by atoms with van der Waals surface area (Å²) in [5, 5.41) is 0.656. The predicted octanol–water partition coefficient (Wildman–Crippen LogP) is 2.27. The molecule has 0 saturated heterocycles. The smallest absolute Gasteiger partial charge is 0.260 e. The maximum atomic E-state index is 11.9. The third-order valence-electron chi connectivity index (χ3n) is 2.55. The second kappa shape index (κ2) is 5.19. The zero-order chi connectivity index (χ0) is 12.3. The molecule has 1 heterocycles. The van der Waals surface area contributed by atoms with E-state index in [4.69, 9.17) is 0 Å². The summed E-state index contributed by atoms with van der Waals surface area (Å²) in [6.45, 7) is 0. The Morgan fingerprint density at radius 3 is 3.06 bits per heavy atom. The van der Waals surface area contributed by atoms with Crippen molar-refractivity contribution >= 4 is 29.6 Å². The van der Waals surface area contributed by atoms with Crippen LogP contribution in [0.1, 0.15) is 12.0 Å². The third kappa shape index (κ3) is 2.58. The van der Waals surface area contributed by atoms with Crippen LogP contribution in [0, 0.1) is 0 Å². The number of nitrogens with zero attached hydrogens (tertiary/aromatic N) is 2. The van der Waals surface area contributed by atoms with Crippen molar-refractivity contribution in [2.75, 3.05) is 5.75 Å². The van der Waals surface area contributed by atoms with Gasteiger partial charge in [-0.3, -0.25) is 4.79 Å². The molecular formula is C13H14N2OS. The number of aryl methyl sites for hydroxylation is 1. The molecule has 0 N–H and O–H groups in total. The quantitative estimate of drug-likeness (QED) is 0.843. The third-order valence-corrected chi connectivity index (χ3v) is 2.81. The molecule has 0 unspecified atom stereocenters. The van der Waals surface area contributed by atoms with Crippen LogP contribution in [0.25, 0.3) is 17.0 Å². The number of benzene rings is 1. The van der Waals surface area contributed by atoms with Crippen LogP contribution in [0.3, 0.4) is 0 Å². The Bertz CT molecular complexity index is 616. The molecule has 0 aliphatic heterocycles. The number of thiol groups is 1. The van der Waals surface area contributed by atoms with Gasteiger partial charge in [-0.05, 0) is 29.9 Å². The summed E-state index contributed by atoms with van der Waals surface area (Å²) in [5.41, 5.74) is 1.74. The van der Waals surface area contributed by atoms with E-state index in [2.05, 4.69) is 23.7 Å². The Morgan fingerprint density at radius 1 is 1.47 bits per heavy atom. The average Bonchev–Trinajstić information content (AvgIpc) is 2.35. The minimum Gasteiger partial charge on any atom is -0.302 e. The predicted molar refractivity (Wildman–Crippen MR) is 74.5 cm³/mol. The molecule has 0 bridgehead atoms. The highest BCUT2D eigenvalue weighted by molar-refractivity contribution is 7.80. The van der Waals surface area contributed by atoms with Gasteiger partial charge in [0.1, 0.15) is 0 Å². The first kappa shape index (κ1) is 11.9. The standard InChI is InChI=1S/C13H14N2OS/c1-15-9-14-12-6-5-10(4-2-3-7-17)8-11(12)13(15)16/h2,4-6,8-9,17H,3,7H2,1H3. The average molecular weight is 246 g/mol. The molecule has 0 radical (unpaired) electrons. The van der Waals surface area contributed by atoms with Crippen molar-refractivity contribution in [3.63, 3.8) is 0 Å². The van der Waals surface area contributed by atoms with Gasteiger partial charge < -0.3 is 4.57 Å². The van der Waals surface area contributed by atoms with Crippen molar-refractivity contribution in [3.8, 4) is 0 Å². The van der Waals surface area contributed by atoms with Crippen molar-refractivity contribution in [1.29, 1.82) is 0 Å². The Balaban J connectivity index is 2.49. The molecule has 1 aromatic carbocycles. The summed E-state index contributed by atoms with van der Waals surface area (Å²) in [6.07, 6.45) is 6.52. The van der Waals surface area contributed by atoms with Crippen LogP contribution in [0.4, 0.5) is 0 Å². The first-order valence-electron chi connectivity index (χ1n) is 5.45. The second-order valence-corrected chi connectivity index (χ2v) is 4.30. The van der Waals surface area contributed by atoms with E-state index in [1.807, 2.05) is 24.3 Å². The largest absolute Gasteiger partial charge is 0.302 e. The molecule has 17 heavy (non-hydrogen) atoms. The molecule has 4 heteroatoms. The molecule has 0 spiro atoms. The fourth-order valence-electron chi connectivity index (χ4n) is 1.63. The maximum Gasteiger partial charge on any atom is 0.260 e. The van der Waals surface area contributed by atoms with Crippen molar-refractivity contribution in [3.05, 3.63) is 46.5 Å². The van der Waals surface area contributed by atoms with Crippen LogP contribution >= 0.6 is 12.6 Å². The summed E-state index contributed by atoms with van der Waals surface area (Å²) >= 11 is 4.14. The molecule has 88 valence electrons. The SMILES string of the molecule is Cn1cnc2ccc(C=CCCS)cc2c1=O. The fraction of sp³-hybridized carbons (Fsp3) is 0.231. The molecule has 2 aromatic rings. The lowest BCUT2D eigenvalue weighted by Crippen LogP contribution is -2.16. The molecule has 3 nitrogen and oxygen atoms in total. The summed E-state index contributed by atoms with van der Waals surface area (Å²) in [6, 6.07) is 5.71. The maximum absolute atomic E-state index is 11.9. The molecule has 0 fully saturated rings. The van der Waals surface area contributed by atoms with Crippen LogP contribution in [0.5, 0.6) is 0 Å². The van der Waals surface area contributed by atoms with Crippen LogP contribution < -0.4 is 5.56 Å². The molecule has 0 atom stereocenters. The van der Waals surface area contributed by atoms with E-state index in [1.54, 1.807) is 13.4 Å². The monoisotopic (exact) mass is 246 g/mol. The van der Waals surface area contributed by atoms with E-state index in [9.17, 15) is 4.79 Å². The molecule has 1 aromatic heterocycles. The Kier molecular flexibility index (Phi) is 3.64. The van der Waals surface area contributed by atoms with Gasteiger partial charge in [-0.1, -0.05) is 18.2 Å². The van der Waals surface area contributed by atoms with Crippen molar-refractivity contribution in [2.45, 2.75) is 6.42 Å². The van der Waals surface area contributed by atoms with E-state index in [-0.39, 0.29) is 5.56 Å². The summed E-state index contributed by atoms with van der Waals surface area (Å²) in [5.74, 6) is 0.827. The Labute approximate surface area is 105 Å². The highest BCUT2D eigenvalue weighted by Gasteiger charge is 2.01. The lowest BCUT2D eigenvalue weighted by atomic mass is 10.1. The van der Waals surface area contributed by atoms with Crippen LogP contribution in [0.2, 0.25) is 0 Å². The zero-order valence-corrected chi connectivity index (χ0v) is 10.5. The van der Waals surface area contributed by atoms with E-state index in [0.29, 0.717) is 5.39 Å². The van der Waals surface area contributed by atoms with Gasteiger partial charge in [0.05, 0.1) is 17.2 Å². The van der Waals surface area contributed by atoms with Gasteiger partial charge in [-0.15, -0.1) is 0 Å². The van der Waals surface area contributed by atoms with Crippen molar-refractivity contribution < 1.29 is 0 Å². The van der Waals surface area contributed by atoms with Crippen molar-refractivity contribution in [2.24, 2.45) is 7.05 Å². The highest BCUT2D eigenvalue weighted by atomic mass is 32.1. The molecule has 2 rings (SSSR count). The van der Waals surface area contributed by atoms with E-state index in [1.165, 1.54) is 4.57 Å². The molecular weight excluding hydrogens is 232 g/mol. The van der Waals surface area contributed by atoms with E-state index < -0.39 is 0 Å². The normalized spacial score (nSPS) is 11.4. The van der Waals surface area contributed by atoms with Gasteiger partial charge in [-0.25, -0.2) is 4.98 Å². The zero-order valence-electron chi connectivity index (χ0n) is 9.63. The molecule has 0 saturated carbocycles. The van der Waals surface area contributed by atoms with Crippen LogP contribution in [0.15, 0.2) is 35.4 Å². The van der Waals surface area contributed by atoms with Gasteiger partial charge in [0.2, 0.25) is 0 Å². The van der Waals surface area contributed by atoms with Gasteiger partial charge in [0, 0.05) is 7.05 Å². The number of hydrogen-bond acceptors (Lipinski definition) is 3. The number of rotatable bonds is 3. The Morgan fingerprint density at radius 2 is 2.29 bits per heavy atom. The summed E-state index contributed by atoms with van der Waals surface area (Å²) in [4.78, 5) is 16.1. The van der Waals surface area contributed by atoms with Gasteiger partial charge >= 0.3 is 0 Å². The van der Waals surface area contributed by atoms with Gasteiger partial charge in [-0.2, -0.15) is 12.6 Å². The topological polar surface area (TPSA) is 34.9 Å². The highest BCUT2D eigenvalue weighted by Crippen LogP contribution is 2.11.